The molecule has 6 rings (SSSR count). The van der Waals surface area contributed by atoms with Crippen molar-refractivity contribution in [1.29, 1.82) is 0 Å². The molecule has 3 aromatic carbocycles. The van der Waals surface area contributed by atoms with Crippen molar-refractivity contribution in [3.8, 4) is 0 Å². The highest BCUT2D eigenvalue weighted by molar-refractivity contribution is 7.95. The van der Waals surface area contributed by atoms with E-state index in [4.69, 9.17) is 16.4 Å². The lowest BCUT2D eigenvalue weighted by atomic mass is 9.76. The molecule has 1 aliphatic heterocycles. The minimum absolute atomic E-state index is 0.0298. The molecule has 0 amide bonds. The van der Waals surface area contributed by atoms with E-state index in [2.05, 4.69) is 10.5 Å². The van der Waals surface area contributed by atoms with Crippen molar-refractivity contribution in [2.24, 2.45) is 17.0 Å². The van der Waals surface area contributed by atoms with Gasteiger partial charge in [0.2, 0.25) is 9.84 Å². The number of fused-ring (bicyclic) bond motifs is 1. The summed E-state index contributed by atoms with van der Waals surface area (Å²) >= 11 is 6.36. The van der Waals surface area contributed by atoms with Crippen LogP contribution in [0.3, 0.4) is 0 Å². The Morgan fingerprint density at radius 2 is 1.79 bits per heavy atom. The van der Waals surface area contributed by atoms with Crippen molar-refractivity contribution in [3.05, 3.63) is 105 Å². The van der Waals surface area contributed by atoms with Crippen molar-refractivity contribution in [1.82, 2.24) is 0 Å². The summed E-state index contributed by atoms with van der Waals surface area (Å²) in [5.74, 6) is -5.36. The zero-order valence-corrected chi connectivity index (χ0v) is 23.8. The van der Waals surface area contributed by atoms with Gasteiger partial charge in [0.05, 0.1) is 20.5 Å². The van der Waals surface area contributed by atoms with E-state index in [1.807, 2.05) is 37.3 Å². The van der Waals surface area contributed by atoms with Crippen LogP contribution in [-0.2, 0) is 14.7 Å². The van der Waals surface area contributed by atoms with Gasteiger partial charge in [-0.3, -0.25) is 0 Å². The van der Waals surface area contributed by atoms with Gasteiger partial charge < -0.3 is 20.4 Å². The maximum atomic E-state index is 14.1. The first kappa shape index (κ1) is 28.7. The summed E-state index contributed by atoms with van der Waals surface area (Å²) in [7, 11) is -4.25. The topological polar surface area (TPSA) is 108 Å². The SMILES string of the molecule is CC1C([C@@]2(O)CC3CCC2=C3S(=O)(=O)c2cc(C(O)Nc3cc(F)c(F)c(F)c3)ccc2Cl)=NOC1c1ccccc1. The number of aliphatic hydroxyl groups excluding tert-OH is 1. The first-order valence-corrected chi connectivity index (χ1v) is 15.2. The Bertz CT molecular complexity index is 1730. The van der Waals surface area contributed by atoms with Gasteiger partial charge >= 0.3 is 0 Å². The second kappa shape index (κ2) is 10.4. The van der Waals surface area contributed by atoms with Crippen molar-refractivity contribution in [2.45, 2.75) is 49.0 Å². The normalized spacial score (nSPS) is 25.9. The summed E-state index contributed by atoms with van der Waals surface area (Å²) in [5, 5.41) is 29.2. The van der Waals surface area contributed by atoms with E-state index in [0.29, 0.717) is 36.3 Å². The van der Waals surface area contributed by atoms with E-state index in [1.165, 1.54) is 18.2 Å². The number of benzene rings is 3. The molecule has 5 atom stereocenters. The lowest BCUT2D eigenvalue weighted by Crippen LogP contribution is -2.43. The smallest absolute Gasteiger partial charge is 0.204 e. The fourth-order valence-corrected chi connectivity index (χ4v) is 8.83. The van der Waals surface area contributed by atoms with E-state index < -0.39 is 51.1 Å². The summed E-state index contributed by atoms with van der Waals surface area (Å²) in [6.07, 6.45) is -1.03. The van der Waals surface area contributed by atoms with Crippen LogP contribution in [0.25, 0.3) is 0 Å². The van der Waals surface area contributed by atoms with E-state index in [1.54, 1.807) is 0 Å². The molecule has 0 radical (unpaired) electrons. The largest absolute Gasteiger partial charge is 0.387 e. The Labute approximate surface area is 245 Å². The van der Waals surface area contributed by atoms with Gasteiger partial charge in [0.1, 0.15) is 5.60 Å². The predicted molar refractivity (Wildman–Crippen MR) is 150 cm³/mol. The molecule has 0 spiro atoms. The van der Waals surface area contributed by atoms with Crippen molar-refractivity contribution < 1.29 is 36.6 Å². The molecule has 7 nitrogen and oxygen atoms in total. The van der Waals surface area contributed by atoms with Crippen LogP contribution in [-0.4, -0.2) is 29.9 Å². The maximum Gasteiger partial charge on any atom is 0.204 e. The monoisotopic (exact) mass is 618 g/mol. The summed E-state index contributed by atoms with van der Waals surface area (Å²) in [6.45, 7) is 1.88. The fraction of sp³-hybridized carbons (Fsp3) is 0.300. The molecule has 42 heavy (non-hydrogen) atoms. The Kier molecular flexibility index (Phi) is 7.12. The molecular formula is C30H26ClF3N2O5S. The molecule has 220 valence electrons. The average Bonchev–Trinajstić information content (AvgIpc) is 3.64. The van der Waals surface area contributed by atoms with Crippen LogP contribution in [0.4, 0.5) is 18.9 Å². The van der Waals surface area contributed by atoms with Gasteiger partial charge in [0.25, 0.3) is 0 Å². The number of hydrogen-bond acceptors (Lipinski definition) is 7. The first-order valence-electron chi connectivity index (χ1n) is 13.3. The number of halogens is 4. The number of nitrogens with one attached hydrogen (secondary N) is 1. The molecule has 0 fully saturated rings. The lowest BCUT2D eigenvalue weighted by molar-refractivity contribution is 0.0653. The zero-order valence-electron chi connectivity index (χ0n) is 22.2. The lowest BCUT2D eigenvalue weighted by Gasteiger charge is -2.32. The summed E-state index contributed by atoms with van der Waals surface area (Å²) in [5.41, 5.74) is -0.214. The summed E-state index contributed by atoms with van der Waals surface area (Å²) < 4.78 is 68.8. The van der Waals surface area contributed by atoms with Gasteiger partial charge in [-0.2, -0.15) is 0 Å². The second-order valence-electron chi connectivity index (χ2n) is 10.8. The Morgan fingerprint density at radius 3 is 2.48 bits per heavy atom. The molecule has 1 heterocycles. The van der Waals surface area contributed by atoms with Crippen molar-refractivity contribution >= 4 is 32.8 Å². The van der Waals surface area contributed by atoms with E-state index in [9.17, 15) is 31.8 Å². The number of sulfone groups is 1. The van der Waals surface area contributed by atoms with Crippen LogP contribution < -0.4 is 5.32 Å². The highest BCUT2D eigenvalue weighted by Gasteiger charge is 2.58. The number of rotatable bonds is 7. The minimum atomic E-state index is -4.25. The van der Waals surface area contributed by atoms with E-state index in [0.717, 1.165) is 5.56 Å². The number of aliphatic hydroxyl groups is 2. The van der Waals surface area contributed by atoms with Crippen LogP contribution in [0.5, 0.6) is 0 Å². The van der Waals surface area contributed by atoms with Gasteiger partial charge in [-0.15, -0.1) is 0 Å². The molecule has 3 aromatic rings. The third-order valence-corrected chi connectivity index (χ3v) is 10.8. The molecule has 12 heteroatoms. The van der Waals surface area contributed by atoms with Crippen LogP contribution in [0.15, 0.2) is 81.2 Å². The molecule has 0 saturated heterocycles. The highest BCUT2D eigenvalue weighted by Crippen LogP contribution is 2.56. The third-order valence-electron chi connectivity index (χ3n) is 8.29. The van der Waals surface area contributed by atoms with Crippen molar-refractivity contribution in [2.75, 3.05) is 5.32 Å². The molecule has 2 aliphatic carbocycles. The van der Waals surface area contributed by atoms with Gasteiger partial charge in [-0.05, 0) is 48.4 Å². The molecule has 0 aromatic heterocycles. The molecule has 3 N–H and O–H groups in total. The van der Waals surface area contributed by atoms with E-state index in [-0.39, 0.29) is 38.4 Å². The Morgan fingerprint density at radius 1 is 1.10 bits per heavy atom. The quantitative estimate of drug-likeness (QED) is 0.215. The van der Waals surface area contributed by atoms with Gasteiger partial charge in [0.15, 0.2) is 29.8 Å². The highest BCUT2D eigenvalue weighted by atomic mass is 35.5. The average molecular weight is 619 g/mol. The number of oxime groups is 1. The maximum absolute atomic E-state index is 14.1. The molecular weight excluding hydrogens is 593 g/mol. The standard InChI is InChI=1S/C30H26ClF3N2O5S/c1-15-26(16-5-3-2-4-6-16)41-36-28(15)30(38)14-18-7-9-20(30)27(18)42(39,40)24-11-17(8-10-21(24)31)29(37)35-19-12-22(32)25(34)23(33)13-19/h2-6,8,10-13,15,18,26,29,35,37-38H,7,9,14H2,1H3/t15?,18?,26?,29?,30-/m1/s1. The minimum Gasteiger partial charge on any atom is -0.387 e. The van der Waals surface area contributed by atoms with Gasteiger partial charge in [-0.25, -0.2) is 21.6 Å². The van der Waals surface area contributed by atoms with Crippen LogP contribution >= 0.6 is 11.6 Å². The fourth-order valence-electron chi connectivity index (χ4n) is 6.32. The van der Waals surface area contributed by atoms with Gasteiger partial charge in [0, 0.05) is 29.3 Å². The number of anilines is 1. The summed E-state index contributed by atoms with van der Waals surface area (Å²) in [4.78, 5) is 5.51. The zero-order chi connectivity index (χ0) is 30.0. The second-order valence-corrected chi connectivity index (χ2v) is 13.1. The van der Waals surface area contributed by atoms with Crippen LogP contribution in [0.2, 0.25) is 5.02 Å². The number of allylic oxidation sites excluding steroid dienone is 1. The molecule has 3 aliphatic rings. The van der Waals surface area contributed by atoms with Crippen LogP contribution in [0, 0.1) is 29.3 Å². The summed E-state index contributed by atoms with van der Waals surface area (Å²) in [6, 6.07) is 14.6. The third kappa shape index (κ3) is 4.59. The van der Waals surface area contributed by atoms with Crippen LogP contribution in [0.1, 0.15) is 49.6 Å². The van der Waals surface area contributed by atoms with Gasteiger partial charge in [-0.1, -0.05) is 60.1 Å². The van der Waals surface area contributed by atoms with E-state index >= 15 is 0 Å². The molecule has 0 saturated carbocycles. The Balaban J connectivity index is 1.32. The predicted octanol–water partition coefficient (Wildman–Crippen LogP) is 6.20. The first-order chi connectivity index (χ1) is 19.9. The number of hydrogen-bond donors (Lipinski definition) is 3. The Hall–Kier alpha value is -3.38. The number of nitrogens with zero attached hydrogens (tertiary/aromatic N) is 1. The molecule has 2 bridgehead atoms. The van der Waals surface area contributed by atoms with Crippen molar-refractivity contribution in [3.63, 3.8) is 0 Å². The molecule has 4 unspecified atom stereocenters.